The van der Waals surface area contributed by atoms with Crippen LogP contribution in [0.5, 0.6) is 0 Å². The van der Waals surface area contributed by atoms with Gasteiger partial charge in [-0.15, -0.1) is 11.3 Å². The van der Waals surface area contributed by atoms with Crippen LogP contribution in [0.15, 0.2) is 52.9 Å². The molecular formula is C26H39BrNOPSSi. The molecule has 0 spiro atoms. The molecule has 1 aromatic carbocycles. The molecule has 0 aliphatic heterocycles. The standard InChI is InChI=1S/C26H39BrNOPSSi/c1-20(16-17-30(27)24-12-10-9-11-13-24)14-15-25(29-32(7,8)26(4,5)6)21(2)18-23-19-31-22(3)28-23/h9-14,18-19,25H,15-17H2,1-8H3/t25-,30?/m0/s1. The summed E-state index contributed by atoms with van der Waals surface area (Å²) in [6, 6.07) is 10.8. The van der Waals surface area contributed by atoms with Gasteiger partial charge in [-0.25, -0.2) is 4.98 Å². The number of hydrogen-bond donors (Lipinski definition) is 0. The lowest BCUT2D eigenvalue weighted by Gasteiger charge is -2.39. The first kappa shape index (κ1) is 27.7. The molecule has 0 saturated heterocycles. The molecule has 0 radical (unpaired) electrons. The maximum absolute atomic E-state index is 6.88. The lowest BCUT2D eigenvalue weighted by Crippen LogP contribution is -2.44. The molecule has 2 aromatic rings. The summed E-state index contributed by atoms with van der Waals surface area (Å²) >= 11 is 5.62. The van der Waals surface area contributed by atoms with Gasteiger partial charge in [-0.3, -0.25) is 0 Å². The third kappa shape index (κ3) is 8.65. The maximum atomic E-state index is 6.88. The SMILES string of the molecule is CC(=CC[C@H](O[Si](C)(C)C(C)(C)C)C(C)=Cc1csc(C)n1)CCP(Br)c1ccccc1. The molecule has 1 unspecified atom stereocenters. The fraction of sp³-hybridized carbons (Fsp3) is 0.500. The van der Waals surface area contributed by atoms with Gasteiger partial charge in [0.05, 0.1) is 16.8 Å². The van der Waals surface area contributed by atoms with Crippen LogP contribution in [-0.2, 0) is 4.43 Å². The summed E-state index contributed by atoms with van der Waals surface area (Å²) in [4.78, 5) is 4.63. The van der Waals surface area contributed by atoms with Crippen LogP contribution in [-0.4, -0.2) is 25.6 Å². The molecule has 2 atom stereocenters. The number of aryl methyl sites for hydroxylation is 1. The number of allylic oxidation sites excluding steroid dienone is 1. The molecule has 0 N–H and O–H groups in total. The lowest BCUT2D eigenvalue weighted by atomic mass is 10.1. The van der Waals surface area contributed by atoms with Crippen LogP contribution in [0.25, 0.3) is 6.08 Å². The van der Waals surface area contributed by atoms with Crippen molar-refractivity contribution in [2.75, 3.05) is 6.16 Å². The van der Waals surface area contributed by atoms with E-state index < -0.39 is 8.32 Å². The molecule has 6 heteroatoms. The van der Waals surface area contributed by atoms with Crippen molar-refractivity contribution in [2.45, 2.75) is 78.6 Å². The molecule has 1 heterocycles. The quantitative estimate of drug-likeness (QED) is 0.167. The predicted molar refractivity (Wildman–Crippen MR) is 152 cm³/mol. The highest BCUT2D eigenvalue weighted by molar-refractivity contribution is 9.40. The van der Waals surface area contributed by atoms with Crippen molar-refractivity contribution < 1.29 is 4.43 Å². The van der Waals surface area contributed by atoms with Gasteiger partial charge in [-0.05, 0) is 81.5 Å². The topological polar surface area (TPSA) is 22.1 Å². The predicted octanol–water partition coefficient (Wildman–Crippen LogP) is 9.09. The monoisotopic (exact) mass is 551 g/mol. The Balaban J connectivity index is 2.11. The van der Waals surface area contributed by atoms with Gasteiger partial charge in [0.2, 0.25) is 0 Å². The van der Waals surface area contributed by atoms with E-state index in [9.17, 15) is 0 Å². The Labute approximate surface area is 210 Å². The molecule has 1 aromatic heterocycles. The van der Waals surface area contributed by atoms with E-state index in [1.165, 1.54) is 16.5 Å². The zero-order valence-corrected chi connectivity index (χ0v) is 25.2. The first-order valence-corrected chi connectivity index (χ1v) is 18.6. The second kappa shape index (κ2) is 12.2. The van der Waals surface area contributed by atoms with Gasteiger partial charge in [0.15, 0.2) is 8.32 Å². The van der Waals surface area contributed by atoms with E-state index in [2.05, 4.69) is 123 Å². The van der Waals surface area contributed by atoms with E-state index in [-0.39, 0.29) is 17.8 Å². The molecule has 0 aliphatic carbocycles. The lowest BCUT2D eigenvalue weighted by molar-refractivity contribution is 0.217. The van der Waals surface area contributed by atoms with Crippen LogP contribution < -0.4 is 5.30 Å². The highest BCUT2D eigenvalue weighted by Crippen LogP contribution is 2.44. The van der Waals surface area contributed by atoms with Crippen molar-refractivity contribution in [1.29, 1.82) is 0 Å². The second-order valence-corrected chi connectivity index (χ2v) is 20.1. The highest BCUT2D eigenvalue weighted by atomic mass is 79.9. The van der Waals surface area contributed by atoms with E-state index in [4.69, 9.17) is 4.43 Å². The highest BCUT2D eigenvalue weighted by Gasteiger charge is 2.39. The summed E-state index contributed by atoms with van der Waals surface area (Å²) in [6.07, 6.45) is 7.86. The van der Waals surface area contributed by atoms with E-state index in [1.54, 1.807) is 11.3 Å². The largest absolute Gasteiger partial charge is 0.410 e. The molecule has 0 saturated carbocycles. The van der Waals surface area contributed by atoms with Gasteiger partial charge in [-0.2, -0.15) is 0 Å². The summed E-state index contributed by atoms with van der Waals surface area (Å²) in [7, 11) is -1.89. The van der Waals surface area contributed by atoms with Gasteiger partial charge >= 0.3 is 0 Å². The number of halogens is 1. The normalized spacial score (nSPS) is 15.7. The van der Waals surface area contributed by atoms with Crippen LogP contribution >= 0.6 is 33.4 Å². The molecule has 0 bridgehead atoms. The average Bonchev–Trinajstić information content (AvgIpc) is 3.13. The zero-order chi connectivity index (χ0) is 23.9. The summed E-state index contributed by atoms with van der Waals surface area (Å²) in [5.74, 6) is 0. The van der Waals surface area contributed by atoms with Gasteiger partial charge < -0.3 is 4.43 Å². The van der Waals surface area contributed by atoms with Gasteiger partial charge in [0.25, 0.3) is 0 Å². The Morgan fingerprint density at radius 3 is 2.44 bits per heavy atom. The summed E-state index contributed by atoms with van der Waals surface area (Å²) < 4.78 is 6.88. The third-order valence-electron chi connectivity index (χ3n) is 6.18. The van der Waals surface area contributed by atoms with Gasteiger partial charge in [0, 0.05) is 5.38 Å². The van der Waals surface area contributed by atoms with Gasteiger partial charge in [-0.1, -0.05) is 78.2 Å². The minimum Gasteiger partial charge on any atom is -0.410 e. The van der Waals surface area contributed by atoms with Crippen molar-refractivity contribution in [3.63, 3.8) is 0 Å². The molecule has 2 rings (SSSR count). The van der Waals surface area contributed by atoms with Gasteiger partial charge in [0.1, 0.15) is 0 Å². The van der Waals surface area contributed by atoms with Crippen LogP contribution in [0.1, 0.15) is 58.2 Å². The van der Waals surface area contributed by atoms with Crippen LogP contribution in [0.4, 0.5) is 0 Å². The summed E-state index contributed by atoms with van der Waals surface area (Å²) in [6.45, 7) is 17.8. The Morgan fingerprint density at radius 2 is 1.88 bits per heavy atom. The fourth-order valence-electron chi connectivity index (χ4n) is 3.04. The maximum Gasteiger partial charge on any atom is 0.192 e. The van der Waals surface area contributed by atoms with E-state index >= 15 is 0 Å². The molecular weight excluding hydrogens is 513 g/mol. The zero-order valence-electron chi connectivity index (χ0n) is 20.9. The van der Waals surface area contributed by atoms with Crippen molar-refractivity contribution in [1.82, 2.24) is 4.98 Å². The number of rotatable bonds is 10. The van der Waals surface area contributed by atoms with E-state index in [0.29, 0.717) is 0 Å². The summed E-state index contributed by atoms with van der Waals surface area (Å²) in [5, 5.41) is 4.83. The minimum atomic E-state index is -1.89. The summed E-state index contributed by atoms with van der Waals surface area (Å²) in [5.41, 5.74) is 3.74. The van der Waals surface area contributed by atoms with E-state index in [1.807, 2.05) is 0 Å². The third-order valence-corrected chi connectivity index (χ3v) is 15.2. The van der Waals surface area contributed by atoms with Crippen molar-refractivity contribution in [3.05, 3.63) is 63.6 Å². The van der Waals surface area contributed by atoms with Crippen molar-refractivity contribution in [3.8, 4) is 0 Å². The van der Waals surface area contributed by atoms with E-state index in [0.717, 1.165) is 29.7 Å². The molecule has 0 fully saturated rings. The molecule has 32 heavy (non-hydrogen) atoms. The fourth-order valence-corrected chi connectivity index (χ4v) is 7.50. The van der Waals surface area contributed by atoms with Crippen LogP contribution in [0.2, 0.25) is 18.1 Å². The number of thiazole rings is 1. The minimum absolute atomic E-state index is 0.0902. The number of benzene rings is 1. The Morgan fingerprint density at radius 1 is 1.22 bits per heavy atom. The molecule has 176 valence electrons. The van der Waals surface area contributed by atoms with Crippen molar-refractivity contribution in [2.24, 2.45) is 0 Å². The first-order valence-electron chi connectivity index (χ1n) is 11.3. The smallest absolute Gasteiger partial charge is 0.192 e. The molecule has 2 nitrogen and oxygen atoms in total. The Bertz CT molecular complexity index is 917. The Kier molecular flexibility index (Phi) is 10.6. The number of nitrogens with zero attached hydrogens (tertiary/aromatic N) is 1. The first-order chi connectivity index (χ1) is 14.9. The molecule has 0 amide bonds. The Hall–Kier alpha value is -0.583. The number of hydrogen-bond acceptors (Lipinski definition) is 3. The molecule has 0 aliphatic rings. The number of aromatic nitrogens is 1. The van der Waals surface area contributed by atoms with Crippen molar-refractivity contribution >= 4 is 53.1 Å². The second-order valence-electron chi connectivity index (χ2n) is 10.0. The average molecular weight is 553 g/mol. The van der Waals surface area contributed by atoms with Crippen LogP contribution in [0, 0.1) is 6.92 Å². The van der Waals surface area contributed by atoms with Crippen LogP contribution in [0.3, 0.4) is 0 Å².